The molecule has 1 saturated carbocycles. The second kappa shape index (κ2) is 8.55. The molecular formula is C19H32N2. The lowest BCUT2D eigenvalue weighted by molar-refractivity contribution is 0.255. The van der Waals surface area contributed by atoms with Gasteiger partial charge in [0, 0.05) is 12.6 Å². The molecule has 0 unspecified atom stereocenters. The summed E-state index contributed by atoms with van der Waals surface area (Å²) in [7, 11) is 0. The average Bonchev–Trinajstić information content (AvgIpc) is 3.29. The highest BCUT2D eigenvalue weighted by Crippen LogP contribution is 2.28. The predicted molar refractivity (Wildman–Crippen MR) is 91.6 cm³/mol. The number of nitrogens with one attached hydrogen (secondary N) is 1. The maximum absolute atomic E-state index is 3.51. The van der Waals surface area contributed by atoms with E-state index in [2.05, 4.69) is 55.3 Å². The molecule has 0 radical (unpaired) electrons. The van der Waals surface area contributed by atoms with Gasteiger partial charge >= 0.3 is 0 Å². The van der Waals surface area contributed by atoms with Crippen LogP contribution in [0, 0.1) is 5.92 Å². The fraction of sp³-hybridized carbons (Fsp3) is 0.684. The van der Waals surface area contributed by atoms with Crippen molar-refractivity contribution < 1.29 is 0 Å². The van der Waals surface area contributed by atoms with Crippen LogP contribution >= 0.6 is 0 Å². The van der Waals surface area contributed by atoms with Crippen molar-refractivity contribution in [2.45, 2.75) is 59.0 Å². The minimum atomic E-state index is 0.736. The molecule has 2 heteroatoms. The highest BCUT2D eigenvalue weighted by Gasteiger charge is 2.27. The zero-order valence-corrected chi connectivity index (χ0v) is 14.1. The van der Waals surface area contributed by atoms with Gasteiger partial charge in [-0.25, -0.2) is 0 Å². The summed E-state index contributed by atoms with van der Waals surface area (Å²) in [5, 5.41) is 3.51. The van der Waals surface area contributed by atoms with Gasteiger partial charge in [0.05, 0.1) is 0 Å². The topological polar surface area (TPSA) is 15.3 Å². The van der Waals surface area contributed by atoms with Crippen molar-refractivity contribution in [2.24, 2.45) is 5.92 Å². The van der Waals surface area contributed by atoms with Gasteiger partial charge in [-0.3, -0.25) is 4.90 Å². The summed E-state index contributed by atoms with van der Waals surface area (Å²) < 4.78 is 0. The van der Waals surface area contributed by atoms with E-state index in [1.54, 1.807) is 0 Å². The Balaban J connectivity index is 1.75. The van der Waals surface area contributed by atoms with E-state index < -0.39 is 0 Å². The SMILES string of the molecule is CCCN(Cc1ccc(CCNCC(C)C)cc1)C1CC1. The first-order valence-electron chi connectivity index (χ1n) is 8.71. The molecule has 0 saturated heterocycles. The molecule has 0 bridgehead atoms. The van der Waals surface area contributed by atoms with Gasteiger partial charge in [0.2, 0.25) is 0 Å². The third kappa shape index (κ3) is 6.19. The van der Waals surface area contributed by atoms with Crippen LogP contribution in [-0.4, -0.2) is 30.6 Å². The van der Waals surface area contributed by atoms with Crippen molar-refractivity contribution in [3.05, 3.63) is 35.4 Å². The van der Waals surface area contributed by atoms with E-state index in [9.17, 15) is 0 Å². The maximum Gasteiger partial charge on any atom is 0.0236 e. The van der Waals surface area contributed by atoms with E-state index in [0.29, 0.717) is 0 Å². The quantitative estimate of drug-likeness (QED) is 0.658. The summed E-state index contributed by atoms with van der Waals surface area (Å²) in [5.74, 6) is 0.736. The van der Waals surface area contributed by atoms with Crippen LogP contribution < -0.4 is 5.32 Å². The van der Waals surface area contributed by atoms with E-state index in [0.717, 1.165) is 38.0 Å². The van der Waals surface area contributed by atoms with Gasteiger partial charge in [0.15, 0.2) is 0 Å². The molecule has 1 fully saturated rings. The van der Waals surface area contributed by atoms with Gasteiger partial charge in [-0.2, -0.15) is 0 Å². The average molecular weight is 288 g/mol. The van der Waals surface area contributed by atoms with E-state index >= 15 is 0 Å². The van der Waals surface area contributed by atoms with E-state index in [-0.39, 0.29) is 0 Å². The Labute approximate surface area is 130 Å². The van der Waals surface area contributed by atoms with Crippen molar-refractivity contribution in [1.29, 1.82) is 0 Å². The lowest BCUT2D eigenvalue weighted by Gasteiger charge is -2.21. The molecule has 1 aliphatic rings. The fourth-order valence-corrected chi connectivity index (χ4v) is 2.79. The first-order valence-corrected chi connectivity index (χ1v) is 8.71. The number of hydrogen-bond donors (Lipinski definition) is 1. The van der Waals surface area contributed by atoms with Crippen LogP contribution in [0.5, 0.6) is 0 Å². The molecule has 1 aliphatic carbocycles. The normalized spacial score (nSPS) is 15.1. The third-order valence-electron chi connectivity index (χ3n) is 4.13. The van der Waals surface area contributed by atoms with E-state index in [1.807, 2.05) is 0 Å². The standard InChI is InChI=1S/C19H32N2/c1-4-13-21(19-9-10-19)15-18-7-5-17(6-8-18)11-12-20-14-16(2)3/h5-8,16,19-20H,4,9-15H2,1-3H3. The van der Waals surface area contributed by atoms with Gasteiger partial charge in [-0.05, 0) is 62.4 Å². The first kappa shape index (κ1) is 16.5. The Bertz CT molecular complexity index is 393. The molecule has 2 rings (SSSR count). The fourth-order valence-electron chi connectivity index (χ4n) is 2.79. The van der Waals surface area contributed by atoms with Crippen LogP contribution in [0.4, 0.5) is 0 Å². The second-order valence-electron chi connectivity index (χ2n) is 6.87. The van der Waals surface area contributed by atoms with Gasteiger partial charge in [-0.15, -0.1) is 0 Å². The highest BCUT2D eigenvalue weighted by molar-refractivity contribution is 5.23. The number of benzene rings is 1. The van der Waals surface area contributed by atoms with Gasteiger partial charge < -0.3 is 5.32 Å². The zero-order chi connectivity index (χ0) is 15.1. The predicted octanol–water partition coefficient (Wildman–Crippen LogP) is 3.85. The van der Waals surface area contributed by atoms with Crippen LogP contribution in [-0.2, 0) is 13.0 Å². The molecular weight excluding hydrogens is 256 g/mol. The molecule has 0 aliphatic heterocycles. The Kier molecular flexibility index (Phi) is 6.72. The van der Waals surface area contributed by atoms with Crippen molar-refractivity contribution in [3.8, 4) is 0 Å². The highest BCUT2D eigenvalue weighted by atomic mass is 15.2. The molecule has 0 heterocycles. The first-order chi connectivity index (χ1) is 10.2. The maximum atomic E-state index is 3.51. The lowest BCUT2D eigenvalue weighted by atomic mass is 10.1. The van der Waals surface area contributed by atoms with Crippen LogP contribution in [0.2, 0.25) is 0 Å². The molecule has 0 aromatic heterocycles. The molecule has 0 atom stereocenters. The van der Waals surface area contributed by atoms with Crippen LogP contribution in [0.15, 0.2) is 24.3 Å². The van der Waals surface area contributed by atoms with Crippen LogP contribution in [0.25, 0.3) is 0 Å². The number of rotatable bonds is 10. The zero-order valence-electron chi connectivity index (χ0n) is 14.1. The number of hydrogen-bond acceptors (Lipinski definition) is 2. The van der Waals surface area contributed by atoms with Crippen molar-refractivity contribution in [2.75, 3.05) is 19.6 Å². The molecule has 1 aromatic carbocycles. The number of nitrogens with zero attached hydrogens (tertiary/aromatic N) is 1. The minimum absolute atomic E-state index is 0.736. The smallest absolute Gasteiger partial charge is 0.0236 e. The summed E-state index contributed by atoms with van der Waals surface area (Å²) in [6, 6.07) is 10.1. The van der Waals surface area contributed by atoms with Gasteiger partial charge in [0.25, 0.3) is 0 Å². The Morgan fingerprint density at radius 1 is 1.14 bits per heavy atom. The third-order valence-corrected chi connectivity index (χ3v) is 4.13. The van der Waals surface area contributed by atoms with Crippen molar-refractivity contribution >= 4 is 0 Å². The molecule has 21 heavy (non-hydrogen) atoms. The second-order valence-corrected chi connectivity index (χ2v) is 6.87. The Morgan fingerprint density at radius 2 is 1.81 bits per heavy atom. The van der Waals surface area contributed by atoms with Crippen LogP contribution in [0.3, 0.4) is 0 Å². The summed E-state index contributed by atoms with van der Waals surface area (Å²) in [5.41, 5.74) is 2.91. The Hall–Kier alpha value is -0.860. The Morgan fingerprint density at radius 3 is 2.38 bits per heavy atom. The summed E-state index contributed by atoms with van der Waals surface area (Å²) in [6.07, 6.45) is 5.20. The summed E-state index contributed by atoms with van der Waals surface area (Å²) in [4.78, 5) is 2.65. The van der Waals surface area contributed by atoms with Gasteiger partial charge in [0.1, 0.15) is 0 Å². The lowest BCUT2D eigenvalue weighted by Crippen LogP contribution is -2.26. The summed E-state index contributed by atoms with van der Waals surface area (Å²) in [6.45, 7) is 11.4. The molecule has 1 aromatic rings. The molecule has 1 N–H and O–H groups in total. The minimum Gasteiger partial charge on any atom is -0.316 e. The van der Waals surface area contributed by atoms with E-state index in [1.165, 1.54) is 36.9 Å². The largest absolute Gasteiger partial charge is 0.316 e. The molecule has 0 amide bonds. The van der Waals surface area contributed by atoms with Gasteiger partial charge in [-0.1, -0.05) is 45.0 Å². The molecule has 2 nitrogen and oxygen atoms in total. The monoisotopic (exact) mass is 288 g/mol. The van der Waals surface area contributed by atoms with Crippen molar-refractivity contribution in [3.63, 3.8) is 0 Å². The van der Waals surface area contributed by atoms with Crippen molar-refractivity contribution in [1.82, 2.24) is 10.2 Å². The molecule has 118 valence electrons. The summed E-state index contributed by atoms with van der Waals surface area (Å²) >= 11 is 0. The van der Waals surface area contributed by atoms with Crippen LogP contribution in [0.1, 0.15) is 51.2 Å². The van der Waals surface area contributed by atoms with E-state index in [4.69, 9.17) is 0 Å². The molecule has 0 spiro atoms.